The summed E-state index contributed by atoms with van der Waals surface area (Å²) in [6.45, 7) is 5.88. The van der Waals surface area contributed by atoms with E-state index in [9.17, 15) is 0 Å². The molecule has 1 aliphatic rings. The van der Waals surface area contributed by atoms with Gasteiger partial charge in [0.05, 0.1) is 30.7 Å². The van der Waals surface area contributed by atoms with Crippen LogP contribution in [0, 0.1) is 0 Å². The van der Waals surface area contributed by atoms with E-state index in [-0.39, 0.29) is 0 Å². The number of para-hydroxylation sites is 1. The van der Waals surface area contributed by atoms with E-state index in [4.69, 9.17) is 9.72 Å². The molecule has 24 heavy (non-hydrogen) atoms. The molecule has 1 saturated heterocycles. The number of rotatable bonds is 5. The lowest BCUT2D eigenvalue weighted by molar-refractivity contribution is 0.239. The van der Waals surface area contributed by atoms with E-state index in [1.54, 1.807) is 35.6 Å². The molecule has 3 aromatic rings. The Morgan fingerprint density at radius 3 is 2.62 bits per heavy atom. The molecule has 0 spiro atoms. The van der Waals surface area contributed by atoms with E-state index >= 15 is 0 Å². The summed E-state index contributed by atoms with van der Waals surface area (Å²) in [4.78, 5) is 11.4. The lowest BCUT2D eigenvalue weighted by Gasteiger charge is -2.34. The number of ether oxygens (including phenoxy) is 1. The molecule has 0 bridgehead atoms. The maximum Gasteiger partial charge on any atom is 0.186 e. The fraction of sp³-hybridized carbons (Fsp3) is 0.438. The molecule has 8 heteroatoms. The molecule has 0 atom stereocenters. The van der Waals surface area contributed by atoms with Crippen molar-refractivity contribution in [2.24, 2.45) is 0 Å². The van der Waals surface area contributed by atoms with Gasteiger partial charge in [-0.3, -0.25) is 4.90 Å². The van der Waals surface area contributed by atoms with Crippen molar-refractivity contribution in [1.29, 1.82) is 0 Å². The zero-order valence-corrected chi connectivity index (χ0v) is 14.4. The van der Waals surface area contributed by atoms with Crippen LogP contribution in [0.1, 0.15) is 0 Å². The Balaban J connectivity index is 1.38. The standard InChI is InChI=1S/C16H20N6OS/c1-23-13-3-2-4-14-15(13)19-16(24-14)21-10-7-20(8-11-21)9-12-22-17-5-6-18-22/h2-6H,7-12H2,1H3. The third-order valence-electron chi connectivity index (χ3n) is 4.32. The molecule has 1 fully saturated rings. The first-order valence-corrected chi connectivity index (χ1v) is 8.90. The van der Waals surface area contributed by atoms with E-state index in [0.29, 0.717) is 0 Å². The summed E-state index contributed by atoms with van der Waals surface area (Å²) >= 11 is 1.74. The lowest BCUT2D eigenvalue weighted by atomic mass is 10.3. The van der Waals surface area contributed by atoms with Crippen molar-refractivity contribution in [3.8, 4) is 5.75 Å². The number of anilines is 1. The molecule has 1 aliphatic heterocycles. The Bertz CT molecular complexity index is 794. The SMILES string of the molecule is COc1cccc2sc(N3CCN(CCn4nccn4)CC3)nc12. The fourth-order valence-electron chi connectivity index (χ4n) is 2.96. The molecule has 126 valence electrons. The van der Waals surface area contributed by atoms with Crippen LogP contribution in [-0.2, 0) is 6.54 Å². The zero-order chi connectivity index (χ0) is 16.4. The molecule has 0 radical (unpaired) electrons. The summed E-state index contributed by atoms with van der Waals surface area (Å²) in [6.07, 6.45) is 3.44. The van der Waals surface area contributed by atoms with Gasteiger partial charge in [-0.25, -0.2) is 4.98 Å². The van der Waals surface area contributed by atoms with E-state index in [1.807, 2.05) is 12.1 Å². The Kier molecular flexibility index (Phi) is 4.31. The minimum absolute atomic E-state index is 0.839. The molecule has 0 amide bonds. The van der Waals surface area contributed by atoms with Gasteiger partial charge in [-0.2, -0.15) is 15.0 Å². The number of piperazine rings is 1. The largest absolute Gasteiger partial charge is 0.494 e. The van der Waals surface area contributed by atoms with Crippen LogP contribution in [0.5, 0.6) is 5.75 Å². The van der Waals surface area contributed by atoms with Crippen LogP contribution in [0.4, 0.5) is 5.13 Å². The molecule has 2 aromatic heterocycles. The van der Waals surface area contributed by atoms with Gasteiger partial charge in [0.1, 0.15) is 11.3 Å². The number of hydrogen-bond donors (Lipinski definition) is 0. The van der Waals surface area contributed by atoms with Crippen molar-refractivity contribution in [3.05, 3.63) is 30.6 Å². The first kappa shape index (κ1) is 15.3. The topological polar surface area (TPSA) is 59.3 Å². The molecule has 4 rings (SSSR count). The molecular weight excluding hydrogens is 324 g/mol. The summed E-state index contributed by atoms with van der Waals surface area (Å²) in [5, 5.41) is 9.39. The minimum atomic E-state index is 0.839. The fourth-order valence-corrected chi connectivity index (χ4v) is 4.00. The second-order valence-corrected chi connectivity index (χ2v) is 6.77. The summed E-state index contributed by atoms with van der Waals surface area (Å²) in [5.74, 6) is 0.848. The van der Waals surface area contributed by atoms with Gasteiger partial charge in [0.25, 0.3) is 0 Å². The highest BCUT2D eigenvalue weighted by Gasteiger charge is 2.20. The third kappa shape index (κ3) is 3.07. The van der Waals surface area contributed by atoms with Crippen molar-refractivity contribution in [1.82, 2.24) is 24.9 Å². The highest BCUT2D eigenvalue weighted by atomic mass is 32.1. The molecule has 7 nitrogen and oxygen atoms in total. The maximum absolute atomic E-state index is 5.42. The van der Waals surface area contributed by atoms with Gasteiger partial charge in [0, 0.05) is 32.7 Å². The van der Waals surface area contributed by atoms with E-state index in [1.165, 1.54) is 4.70 Å². The Labute approximate surface area is 144 Å². The van der Waals surface area contributed by atoms with Gasteiger partial charge in [0.2, 0.25) is 0 Å². The number of nitrogens with zero attached hydrogens (tertiary/aromatic N) is 6. The highest BCUT2D eigenvalue weighted by molar-refractivity contribution is 7.22. The third-order valence-corrected chi connectivity index (χ3v) is 5.40. The summed E-state index contributed by atoms with van der Waals surface area (Å²) < 4.78 is 6.59. The first-order chi connectivity index (χ1) is 11.8. The number of aromatic nitrogens is 4. The Morgan fingerprint density at radius 1 is 1.08 bits per heavy atom. The lowest BCUT2D eigenvalue weighted by Crippen LogP contribution is -2.47. The summed E-state index contributed by atoms with van der Waals surface area (Å²) in [5.41, 5.74) is 0.965. The number of thiazole rings is 1. The first-order valence-electron chi connectivity index (χ1n) is 8.08. The van der Waals surface area contributed by atoms with Gasteiger partial charge >= 0.3 is 0 Å². The van der Waals surface area contributed by atoms with Gasteiger partial charge in [-0.05, 0) is 12.1 Å². The van der Waals surface area contributed by atoms with E-state index in [0.717, 1.165) is 55.7 Å². The molecule has 0 unspecified atom stereocenters. The van der Waals surface area contributed by atoms with Crippen molar-refractivity contribution < 1.29 is 4.74 Å². The smallest absolute Gasteiger partial charge is 0.186 e. The zero-order valence-electron chi connectivity index (χ0n) is 13.6. The van der Waals surface area contributed by atoms with Gasteiger partial charge in [-0.1, -0.05) is 17.4 Å². The van der Waals surface area contributed by atoms with Crippen LogP contribution in [0.25, 0.3) is 10.2 Å². The van der Waals surface area contributed by atoms with E-state index in [2.05, 4.69) is 26.1 Å². The van der Waals surface area contributed by atoms with Gasteiger partial charge < -0.3 is 9.64 Å². The van der Waals surface area contributed by atoms with Crippen LogP contribution in [0.15, 0.2) is 30.6 Å². The van der Waals surface area contributed by atoms with Crippen LogP contribution < -0.4 is 9.64 Å². The Hall–Kier alpha value is -2.19. The quantitative estimate of drug-likeness (QED) is 0.702. The molecule has 1 aromatic carbocycles. The number of benzene rings is 1. The summed E-state index contributed by atoms with van der Waals surface area (Å²) in [6, 6.07) is 6.09. The molecular formula is C16H20N6OS. The number of hydrogen-bond acceptors (Lipinski definition) is 7. The van der Waals surface area contributed by atoms with Gasteiger partial charge in [0.15, 0.2) is 5.13 Å². The molecule has 3 heterocycles. The highest BCUT2D eigenvalue weighted by Crippen LogP contribution is 2.34. The van der Waals surface area contributed by atoms with Crippen molar-refractivity contribution in [3.63, 3.8) is 0 Å². The normalized spacial score (nSPS) is 16.0. The molecule has 0 saturated carbocycles. The van der Waals surface area contributed by atoms with Crippen molar-refractivity contribution in [2.45, 2.75) is 6.54 Å². The van der Waals surface area contributed by atoms with Crippen LogP contribution in [0.2, 0.25) is 0 Å². The molecule has 0 aliphatic carbocycles. The predicted octanol–water partition coefficient (Wildman–Crippen LogP) is 1.72. The second-order valence-electron chi connectivity index (χ2n) is 5.76. The average Bonchev–Trinajstić information content (AvgIpc) is 3.29. The van der Waals surface area contributed by atoms with Crippen molar-refractivity contribution >= 4 is 26.7 Å². The van der Waals surface area contributed by atoms with Crippen LogP contribution in [-0.4, -0.2) is 64.7 Å². The maximum atomic E-state index is 5.42. The Morgan fingerprint density at radius 2 is 1.88 bits per heavy atom. The van der Waals surface area contributed by atoms with Gasteiger partial charge in [-0.15, -0.1) is 0 Å². The summed E-state index contributed by atoms with van der Waals surface area (Å²) in [7, 11) is 1.70. The predicted molar refractivity (Wildman–Crippen MR) is 94.8 cm³/mol. The number of fused-ring (bicyclic) bond motifs is 1. The van der Waals surface area contributed by atoms with Crippen molar-refractivity contribution in [2.75, 3.05) is 44.7 Å². The van der Waals surface area contributed by atoms with Crippen LogP contribution in [0.3, 0.4) is 0 Å². The second kappa shape index (κ2) is 6.74. The van der Waals surface area contributed by atoms with Crippen LogP contribution >= 0.6 is 11.3 Å². The molecule has 0 N–H and O–H groups in total. The average molecular weight is 344 g/mol. The monoisotopic (exact) mass is 344 g/mol. The minimum Gasteiger partial charge on any atom is -0.494 e. The van der Waals surface area contributed by atoms with E-state index < -0.39 is 0 Å². The number of methoxy groups -OCH3 is 1.